The van der Waals surface area contributed by atoms with E-state index in [1.54, 1.807) is 0 Å². The molecule has 1 rings (SSSR count). The van der Waals surface area contributed by atoms with Crippen molar-refractivity contribution in [2.24, 2.45) is 0 Å². The Hall–Kier alpha value is -1.91. The van der Waals surface area contributed by atoms with Gasteiger partial charge in [-0.25, -0.2) is 9.97 Å². The molecule has 2 atom stereocenters. The zero-order chi connectivity index (χ0) is 10.7. The number of aliphatic hydroxyl groups is 2. The van der Waals surface area contributed by atoms with Gasteiger partial charge in [-0.3, -0.25) is 0 Å². The maximum absolute atomic E-state index is 9.33. The van der Waals surface area contributed by atoms with Crippen molar-refractivity contribution in [3.63, 3.8) is 0 Å². The minimum atomic E-state index is -1.56. The number of nitrogens with two attached hydrogens (primary N) is 2. The fourth-order valence-corrected chi connectivity index (χ4v) is 0.802. The fourth-order valence-electron chi connectivity index (χ4n) is 0.802. The van der Waals surface area contributed by atoms with Crippen LogP contribution in [0.2, 0.25) is 0 Å². The van der Waals surface area contributed by atoms with Crippen molar-refractivity contribution in [3.8, 4) is 6.07 Å². The van der Waals surface area contributed by atoms with Gasteiger partial charge in [0.1, 0.15) is 6.10 Å². The molecule has 0 radical (unpaired) electrons. The molecular weight excluding hydrogens is 186 g/mol. The van der Waals surface area contributed by atoms with E-state index < -0.39 is 12.2 Å². The molecule has 0 saturated heterocycles. The number of rotatable bonds is 2. The lowest BCUT2D eigenvalue weighted by Gasteiger charge is -2.11. The Morgan fingerprint density at radius 2 is 2.00 bits per heavy atom. The average molecular weight is 195 g/mol. The normalized spacial score (nSPS) is 14.4. The van der Waals surface area contributed by atoms with Gasteiger partial charge in [0.15, 0.2) is 17.7 Å². The summed E-state index contributed by atoms with van der Waals surface area (Å²) < 4.78 is 0. The van der Waals surface area contributed by atoms with E-state index in [0.29, 0.717) is 0 Å². The standard InChI is InChI=1S/C7H9N5O2/c8-1-4(13)5(14)3-2-11-6(9)7(10)12-3/h2,4-5,13-14H,(H2,9,11)(H2,10,12). The first-order chi connectivity index (χ1) is 6.56. The molecule has 6 N–H and O–H groups in total. The number of nitrogens with zero attached hydrogens (tertiary/aromatic N) is 3. The Bertz CT molecular complexity index is 375. The molecule has 2 unspecified atom stereocenters. The van der Waals surface area contributed by atoms with Gasteiger partial charge in [-0.1, -0.05) is 0 Å². The van der Waals surface area contributed by atoms with E-state index in [-0.39, 0.29) is 17.3 Å². The Labute approximate surface area is 79.6 Å². The number of nitrogen functional groups attached to an aromatic ring is 2. The smallest absolute Gasteiger partial charge is 0.172 e. The lowest BCUT2D eigenvalue weighted by atomic mass is 10.1. The van der Waals surface area contributed by atoms with Crippen LogP contribution < -0.4 is 11.5 Å². The second kappa shape index (κ2) is 3.87. The highest BCUT2D eigenvalue weighted by Gasteiger charge is 2.20. The molecular formula is C7H9N5O2. The second-order valence-electron chi connectivity index (χ2n) is 2.58. The number of aliphatic hydroxyl groups excluding tert-OH is 2. The van der Waals surface area contributed by atoms with Crippen LogP contribution in [-0.4, -0.2) is 26.3 Å². The molecule has 0 saturated carbocycles. The molecule has 0 spiro atoms. The number of hydrogen-bond donors (Lipinski definition) is 4. The van der Waals surface area contributed by atoms with E-state index in [1.807, 2.05) is 0 Å². The van der Waals surface area contributed by atoms with Crippen LogP contribution in [0.15, 0.2) is 6.20 Å². The largest absolute Gasteiger partial charge is 0.383 e. The number of aromatic nitrogens is 2. The van der Waals surface area contributed by atoms with Gasteiger partial charge < -0.3 is 21.7 Å². The molecule has 1 aromatic rings. The van der Waals surface area contributed by atoms with Gasteiger partial charge in [0.05, 0.1) is 18.0 Å². The van der Waals surface area contributed by atoms with E-state index in [1.165, 1.54) is 6.07 Å². The van der Waals surface area contributed by atoms with Crippen LogP contribution in [0.25, 0.3) is 0 Å². The summed E-state index contributed by atoms with van der Waals surface area (Å²) in [6.45, 7) is 0. The summed E-state index contributed by atoms with van der Waals surface area (Å²) in [6, 6.07) is 1.46. The molecule has 0 bridgehead atoms. The molecule has 7 heteroatoms. The average Bonchev–Trinajstić information content (AvgIpc) is 2.20. The Morgan fingerprint density at radius 1 is 1.36 bits per heavy atom. The van der Waals surface area contributed by atoms with Gasteiger partial charge in [0.2, 0.25) is 0 Å². The van der Waals surface area contributed by atoms with Crippen LogP contribution in [-0.2, 0) is 0 Å². The summed E-state index contributed by atoms with van der Waals surface area (Å²) >= 11 is 0. The molecule has 0 aliphatic rings. The van der Waals surface area contributed by atoms with Crippen LogP contribution in [0.4, 0.5) is 11.6 Å². The summed E-state index contributed by atoms with van der Waals surface area (Å²) in [5.41, 5.74) is 10.6. The van der Waals surface area contributed by atoms with E-state index in [9.17, 15) is 5.11 Å². The molecule has 14 heavy (non-hydrogen) atoms. The van der Waals surface area contributed by atoms with E-state index in [2.05, 4.69) is 9.97 Å². The molecule has 1 heterocycles. The molecule has 0 amide bonds. The topological polar surface area (TPSA) is 142 Å². The maximum atomic E-state index is 9.33. The number of hydrogen-bond acceptors (Lipinski definition) is 7. The van der Waals surface area contributed by atoms with Gasteiger partial charge in [0, 0.05) is 0 Å². The summed E-state index contributed by atoms with van der Waals surface area (Å²) in [5, 5.41) is 26.6. The van der Waals surface area contributed by atoms with Crippen LogP contribution in [0.3, 0.4) is 0 Å². The Morgan fingerprint density at radius 3 is 2.50 bits per heavy atom. The van der Waals surface area contributed by atoms with Crippen molar-refractivity contribution in [3.05, 3.63) is 11.9 Å². The summed E-state index contributed by atoms with van der Waals surface area (Å²) in [6.07, 6.45) is -1.85. The van der Waals surface area contributed by atoms with Crippen molar-refractivity contribution in [1.29, 1.82) is 5.26 Å². The maximum Gasteiger partial charge on any atom is 0.172 e. The predicted octanol–water partition coefficient (Wildman–Crippen LogP) is -1.44. The molecule has 0 aliphatic heterocycles. The molecule has 0 aliphatic carbocycles. The van der Waals surface area contributed by atoms with E-state index >= 15 is 0 Å². The second-order valence-corrected chi connectivity index (χ2v) is 2.58. The van der Waals surface area contributed by atoms with Crippen LogP contribution >= 0.6 is 0 Å². The van der Waals surface area contributed by atoms with Crippen molar-refractivity contribution < 1.29 is 10.2 Å². The first kappa shape index (κ1) is 10.2. The van der Waals surface area contributed by atoms with Gasteiger partial charge in [-0.2, -0.15) is 5.26 Å². The third kappa shape index (κ3) is 1.87. The highest BCUT2D eigenvalue weighted by atomic mass is 16.3. The highest BCUT2D eigenvalue weighted by molar-refractivity contribution is 5.51. The molecule has 7 nitrogen and oxygen atoms in total. The van der Waals surface area contributed by atoms with Crippen LogP contribution in [0.5, 0.6) is 0 Å². The molecule has 0 aromatic carbocycles. The number of nitriles is 1. The van der Waals surface area contributed by atoms with E-state index in [0.717, 1.165) is 6.20 Å². The first-order valence-electron chi connectivity index (χ1n) is 3.70. The minimum Gasteiger partial charge on any atom is -0.383 e. The van der Waals surface area contributed by atoms with Crippen molar-refractivity contribution in [1.82, 2.24) is 9.97 Å². The van der Waals surface area contributed by atoms with Crippen molar-refractivity contribution >= 4 is 11.6 Å². The summed E-state index contributed by atoms with van der Waals surface area (Å²) in [5.74, 6) is -0.0147. The lowest BCUT2D eigenvalue weighted by molar-refractivity contribution is 0.0497. The zero-order valence-corrected chi connectivity index (χ0v) is 7.12. The van der Waals surface area contributed by atoms with Gasteiger partial charge in [-0.05, 0) is 0 Å². The van der Waals surface area contributed by atoms with Gasteiger partial charge in [0.25, 0.3) is 0 Å². The van der Waals surface area contributed by atoms with Crippen LogP contribution in [0.1, 0.15) is 11.8 Å². The van der Waals surface area contributed by atoms with E-state index in [4.69, 9.17) is 21.8 Å². The monoisotopic (exact) mass is 195 g/mol. The zero-order valence-electron chi connectivity index (χ0n) is 7.12. The summed E-state index contributed by atoms with van der Waals surface area (Å²) in [4.78, 5) is 7.30. The minimum absolute atomic E-state index is 0.00532. The first-order valence-corrected chi connectivity index (χ1v) is 3.70. The van der Waals surface area contributed by atoms with Gasteiger partial charge >= 0.3 is 0 Å². The molecule has 1 aromatic heterocycles. The Kier molecular flexibility index (Phi) is 2.81. The summed E-state index contributed by atoms with van der Waals surface area (Å²) in [7, 11) is 0. The van der Waals surface area contributed by atoms with Crippen LogP contribution in [0, 0.1) is 11.3 Å². The molecule has 74 valence electrons. The van der Waals surface area contributed by atoms with Crippen molar-refractivity contribution in [2.45, 2.75) is 12.2 Å². The third-order valence-corrected chi connectivity index (χ3v) is 1.58. The quantitative estimate of drug-likeness (QED) is 0.423. The predicted molar refractivity (Wildman–Crippen MR) is 47.4 cm³/mol. The third-order valence-electron chi connectivity index (χ3n) is 1.58. The molecule has 0 fully saturated rings. The highest BCUT2D eigenvalue weighted by Crippen LogP contribution is 2.16. The number of anilines is 2. The SMILES string of the molecule is N#CC(O)C(O)c1cnc(N)c(N)n1. The van der Waals surface area contributed by atoms with Crippen molar-refractivity contribution in [2.75, 3.05) is 11.5 Å². The lowest BCUT2D eigenvalue weighted by Crippen LogP contribution is -2.18. The van der Waals surface area contributed by atoms with Gasteiger partial charge in [-0.15, -0.1) is 0 Å². The Balaban J connectivity index is 2.98. The fraction of sp³-hybridized carbons (Fsp3) is 0.286.